The maximum atomic E-state index is 9.64. The van der Waals surface area contributed by atoms with E-state index in [9.17, 15) is 10.2 Å². The Bertz CT molecular complexity index is 689. The molecule has 0 aromatic heterocycles. The van der Waals surface area contributed by atoms with Gasteiger partial charge in [0.15, 0.2) is 0 Å². The van der Waals surface area contributed by atoms with E-state index < -0.39 is 12.2 Å². The van der Waals surface area contributed by atoms with Gasteiger partial charge < -0.3 is 30.3 Å². The fraction of sp³-hybridized carbons (Fsp3) is 0.538. The van der Waals surface area contributed by atoms with Crippen molar-refractivity contribution >= 4 is 0 Å². The van der Waals surface area contributed by atoms with Crippen LogP contribution in [0.5, 0.6) is 11.5 Å². The zero-order valence-electron chi connectivity index (χ0n) is 20.5. The van der Waals surface area contributed by atoms with Crippen molar-refractivity contribution in [2.75, 3.05) is 26.3 Å². The van der Waals surface area contributed by atoms with Crippen LogP contribution >= 0.6 is 0 Å². The van der Waals surface area contributed by atoms with E-state index in [1.54, 1.807) is 0 Å². The fourth-order valence-electron chi connectivity index (χ4n) is 2.66. The zero-order valence-corrected chi connectivity index (χ0v) is 20.5. The second-order valence-corrected chi connectivity index (χ2v) is 8.69. The third-order valence-corrected chi connectivity index (χ3v) is 4.39. The van der Waals surface area contributed by atoms with Gasteiger partial charge in [0, 0.05) is 25.2 Å². The Morgan fingerprint density at radius 2 is 1.06 bits per heavy atom. The number of nitrogens with one attached hydrogen (secondary N) is 2. The Morgan fingerprint density at radius 1 is 0.688 bits per heavy atom. The third kappa shape index (κ3) is 14.0. The van der Waals surface area contributed by atoms with Gasteiger partial charge in [0.1, 0.15) is 36.9 Å². The lowest BCUT2D eigenvalue weighted by Crippen LogP contribution is -2.35. The number of hydrogen-bond acceptors (Lipinski definition) is 6. The highest BCUT2D eigenvalue weighted by Gasteiger charge is 2.06. The van der Waals surface area contributed by atoms with Crippen LogP contribution in [-0.4, -0.2) is 60.8 Å². The summed E-state index contributed by atoms with van der Waals surface area (Å²) >= 11 is 0. The summed E-state index contributed by atoms with van der Waals surface area (Å²) in [5.41, 5.74) is 2.32. The van der Waals surface area contributed by atoms with Crippen LogP contribution in [0.4, 0.5) is 0 Å². The molecule has 2 rings (SSSR count). The maximum absolute atomic E-state index is 9.64. The van der Waals surface area contributed by atoms with Gasteiger partial charge in [0.05, 0.1) is 0 Å². The Morgan fingerprint density at radius 3 is 1.38 bits per heavy atom. The molecular formula is C26H42N2O4. The molecule has 4 N–H and O–H groups in total. The average Bonchev–Trinajstić information content (AvgIpc) is 2.74. The summed E-state index contributed by atoms with van der Waals surface area (Å²) in [4.78, 5) is 0. The van der Waals surface area contributed by atoms with Gasteiger partial charge in [-0.3, -0.25) is 0 Å². The quantitative estimate of drug-likeness (QED) is 0.400. The van der Waals surface area contributed by atoms with Crippen molar-refractivity contribution in [3.8, 4) is 11.5 Å². The second-order valence-electron chi connectivity index (χ2n) is 8.69. The van der Waals surface area contributed by atoms with Crippen LogP contribution in [0.15, 0.2) is 48.5 Å². The number of aliphatic hydroxyl groups is 2. The van der Waals surface area contributed by atoms with Crippen LogP contribution in [0.2, 0.25) is 0 Å². The first-order valence-corrected chi connectivity index (χ1v) is 11.4. The number of aliphatic hydroxyl groups excluding tert-OH is 2. The highest BCUT2D eigenvalue weighted by molar-refractivity contribution is 5.28. The van der Waals surface area contributed by atoms with Crippen molar-refractivity contribution in [2.24, 2.45) is 0 Å². The predicted octanol–water partition coefficient (Wildman–Crippen LogP) is 3.47. The largest absolute Gasteiger partial charge is 0.491 e. The van der Waals surface area contributed by atoms with Crippen molar-refractivity contribution in [3.05, 3.63) is 59.7 Å². The Balaban J connectivity index is 0.000000320. The van der Waals surface area contributed by atoms with Gasteiger partial charge in [-0.05, 0) is 49.2 Å². The van der Waals surface area contributed by atoms with E-state index in [1.165, 1.54) is 0 Å². The minimum absolute atomic E-state index is 0.323. The molecule has 32 heavy (non-hydrogen) atoms. The van der Waals surface area contributed by atoms with Crippen LogP contribution in [0.1, 0.15) is 38.8 Å². The predicted molar refractivity (Wildman–Crippen MR) is 132 cm³/mol. The first kappa shape index (κ1) is 27.9. The van der Waals surface area contributed by atoms with Crippen LogP contribution in [0.3, 0.4) is 0 Å². The van der Waals surface area contributed by atoms with E-state index in [0.717, 1.165) is 22.6 Å². The van der Waals surface area contributed by atoms with Gasteiger partial charge in [-0.15, -0.1) is 0 Å². The van der Waals surface area contributed by atoms with Crippen LogP contribution in [0, 0.1) is 13.8 Å². The molecule has 2 aromatic rings. The van der Waals surface area contributed by atoms with Crippen molar-refractivity contribution in [1.29, 1.82) is 0 Å². The summed E-state index contributed by atoms with van der Waals surface area (Å²) < 4.78 is 11.0. The van der Waals surface area contributed by atoms with Crippen molar-refractivity contribution in [2.45, 2.75) is 65.8 Å². The summed E-state index contributed by atoms with van der Waals surface area (Å²) in [6.07, 6.45) is -0.939. The summed E-state index contributed by atoms with van der Waals surface area (Å²) in [6.45, 7) is 14.0. The molecule has 6 heteroatoms. The molecular weight excluding hydrogens is 404 g/mol. The van der Waals surface area contributed by atoms with Crippen LogP contribution in [0.25, 0.3) is 0 Å². The topological polar surface area (TPSA) is 83.0 Å². The Hall–Kier alpha value is -2.12. The van der Waals surface area contributed by atoms with Gasteiger partial charge in [-0.25, -0.2) is 0 Å². The van der Waals surface area contributed by atoms with Crippen molar-refractivity contribution in [1.82, 2.24) is 10.6 Å². The minimum Gasteiger partial charge on any atom is -0.491 e. The monoisotopic (exact) mass is 446 g/mol. The highest BCUT2D eigenvalue weighted by atomic mass is 16.5. The standard InChI is InChI=1S/2C13H21NO2/c2*1-10(2)14-8-12(15)9-16-13-6-4-5-11(3)7-13/h2*4-7,10,12,14-15H,8-9H2,1-3H3. The molecule has 2 unspecified atom stereocenters. The smallest absolute Gasteiger partial charge is 0.119 e. The molecule has 0 saturated heterocycles. The average molecular weight is 447 g/mol. The second kappa shape index (κ2) is 15.6. The molecule has 2 aromatic carbocycles. The van der Waals surface area contributed by atoms with Gasteiger partial charge in [0.25, 0.3) is 0 Å². The van der Waals surface area contributed by atoms with Gasteiger partial charge in [-0.2, -0.15) is 0 Å². The van der Waals surface area contributed by atoms with E-state index in [0.29, 0.717) is 38.4 Å². The number of hydrogen-bond donors (Lipinski definition) is 4. The zero-order chi connectivity index (χ0) is 23.9. The lowest BCUT2D eigenvalue weighted by atomic mass is 10.2. The Labute approximate surface area is 194 Å². The molecule has 6 nitrogen and oxygen atoms in total. The lowest BCUT2D eigenvalue weighted by molar-refractivity contribution is 0.104. The Kier molecular flexibility index (Phi) is 13.6. The number of rotatable bonds is 12. The molecule has 0 amide bonds. The SMILES string of the molecule is Cc1cccc(OCC(O)CNC(C)C)c1.Cc1cccc(OCC(O)CNC(C)C)c1. The van der Waals surface area contributed by atoms with Gasteiger partial charge >= 0.3 is 0 Å². The molecule has 0 saturated carbocycles. The summed E-state index contributed by atoms with van der Waals surface area (Å²) in [5, 5.41) is 25.6. The van der Waals surface area contributed by atoms with Crippen LogP contribution in [-0.2, 0) is 0 Å². The molecule has 0 bridgehead atoms. The summed E-state index contributed by atoms with van der Waals surface area (Å²) in [5.74, 6) is 1.62. The van der Waals surface area contributed by atoms with E-state index in [4.69, 9.17) is 9.47 Å². The summed E-state index contributed by atoms with van der Waals surface area (Å²) in [6, 6.07) is 16.4. The maximum Gasteiger partial charge on any atom is 0.119 e. The molecule has 2 atom stereocenters. The molecule has 0 aliphatic rings. The first-order chi connectivity index (χ1) is 15.2. The van der Waals surface area contributed by atoms with E-state index in [2.05, 4.69) is 10.6 Å². The van der Waals surface area contributed by atoms with Gasteiger partial charge in [-0.1, -0.05) is 52.0 Å². The van der Waals surface area contributed by atoms with Crippen molar-refractivity contribution < 1.29 is 19.7 Å². The highest BCUT2D eigenvalue weighted by Crippen LogP contribution is 2.13. The molecule has 0 aliphatic heterocycles. The minimum atomic E-state index is -0.470. The summed E-state index contributed by atoms with van der Waals surface area (Å²) in [7, 11) is 0. The molecule has 0 radical (unpaired) electrons. The molecule has 180 valence electrons. The molecule has 0 heterocycles. The number of benzene rings is 2. The number of aryl methyl sites for hydroxylation is 2. The normalized spacial score (nSPS) is 12.8. The van der Waals surface area contributed by atoms with E-state index in [1.807, 2.05) is 90.1 Å². The van der Waals surface area contributed by atoms with E-state index in [-0.39, 0.29) is 0 Å². The van der Waals surface area contributed by atoms with Crippen LogP contribution < -0.4 is 20.1 Å². The van der Waals surface area contributed by atoms with E-state index >= 15 is 0 Å². The van der Waals surface area contributed by atoms with Gasteiger partial charge in [0.2, 0.25) is 0 Å². The van der Waals surface area contributed by atoms with Crippen molar-refractivity contribution in [3.63, 3.8) is 0 Å². The third-order valence-electron chi connectivity index (χ3n) is 4.39. The molecule has 0 spiro atoms. The first-order valence-electron chi connectivity index (χ1n) is 11.4. The molecule has 0 fully saturated rings. The lowest BCUT2D eigenvalue weighted by Gasteiger charge is -2.15. The number of ether oxygens (including phenoxy) is 2. The molecule has 0 aliphatic carbocycles. The fourth-order valence-corrected chi connectivity index (χ4v) is 2.66.